The summed E-state index contributed by atoms with van der Waals surface area (Å²) in [7, 11) is 0. The fourth-order valence-corrected chi connectivity index (χ4v) is 2.89. The smallest absolute Gasteiger partial charge is 0.272 e. The Bertz CT molecular complexity index is 726. The lowest BCUT2D eigenvalue weighted by Crippen LogP contribution is -2.49. The maximum absolute atomic E-state index is 12.8. The Hall–Kier alpha value is -2.70. The average molecular weight is 340 g/mol. The molecule has 1 fully saturated rings. The molecule has 1 saturated heterocycles. The van der Waals surface area contributed by atoms with Gasteiger partial charge in [0.05, 0.1) is 0 Å². The number of rotatable bonds is 4. The molecule has 2 aromatic rings. The maximum Gasteiger partial charge on any atom is 0.272 e. The average Bonchev–Trinajstić information content (AvgIpc) is 2.61. The Balaban J connectivity index is 1.67. The van der Waals surface area contributed by atoms with Crippen LogP contribution in [0.2, 0.25) is 0 Å². The molecule has 132 valence electrons. The third-order valence-corrected chi connectivity index (χ3v) is 4.03. The number of hydrogen-bond acceptors (Lipinski definition) is 6. The highest BCUT2D eigenvalue weighted by atomic mass is 16.2. The normalized spacial score (nSPS) is 14.7. The molecule has 0 unspecified atom stereocenters. The third-order valence-electron chi connectivity index (χ3n) is 4.03. The highest BCUT2D eigenvalue weighted by molar-refractivity contribution is 5.93. The van der Waals surface area contributed by atoms with E-state index in [9.17, 15) is 4.79 Å². The molecule has 0 bridgehead atoms. The van der Waals surface area contributed by atoms with E-state index >= 15 is 0 Å². The molecule has 7 heteroatoms. The Morgan fingerprint density at radius 3 is 2.56 bits per heavy atom. The van der Waals surface area contributed by atoms with Gasteiger partial charge in [0.2, 0.25) is 0 Å². The lowest BCUT2D eigenvalue weighted by atomic mass is 10.2. The SMILES string of the molecule is Cc1nc(NC(C)C)cc(C(=O)N2CCN(c3ccccn3)CC2)n1. The van der Waals surface area contributed by atoms with Gasteiger partial charge in [-0.05, 0) is 32.9 Å². The zero-order valence-corrected chi connectivity index (χ0v) is 14.9. The van der Waals surface area contributed by atoms with Gasteiger partial charge >= 0.3 is 0 Å². The Labute approximate surface area is 148 Å². The van der Waals surface area contributed by atoms with E-state index in [1.807, 2.05) is 36.9 Å². The van der Waals surface area contributed by atoms with Crippen LogP contribution in [0.3, 0.4) is 0 Å². The van der Waals surface area contributed by atoms with Crippen LogP contribution in [0, 0.1) is 6.92 Å². The van der Waals surface area contributed by atoms with Crippen LogP contribution in [-0.4, -0.2) is 58.0 Å². The summed E-state index contributed by atoms with van der Waals surface area (Å²) in [5.74, 6) is 2.20. The Morgan fingerprint density at radius 1 is 1.16 bits per heavy atom. The van der Waals surface area contributed by atoms with E-state index in [1.54, 1.807) is 19.2 Å². The number of nitrogens with zero attached hydrogens (tertiary/aromatic N) is 5. The number of anilines is 2. The first-order chi connectivity index (χ1) is 12.0. The van der Waals surface area contributed by atoms with Crippen molar-refractivity contribution in [2.24, 2.45) is 0 Å². The standard InChI is InChI=1S/C18H24N6O/c1-13(2)20-16-12-15(21-14(3)22-16)18(25)24-10-8-23(9-11-24)17-6-4-5-7-19-17/h4-7,12-13H,8-11H2,1-3H3,(H,20,21,22). The van der Waals surface area contributed by atoms with Gasteiger partial charge in [-0.2, -0.15) is 0 Å². The van der Waals surface area contributed by atoms with E-state index < -0.39 is 0 Å². The molecule has 3 heterocycles. The molecule has 0 atom stereocenters. The second-order valence-corrected chi connectivity index (χ2v) is 6.45. The number of amides is 1. The number of pyridine rings is 1. The van der Waals surface area contributed by atoms with Crippen molar-refractivity contribution in [3.05, 3.63) is 42.0 Å². The van der Waals surface area contributed by atoms with E-state index in [1.165, 1.54) is 0 Å². The molecule has 0 saturated carbocycles. The molecule has 7 nitrogen and oxygen atoms in total. The van der Waals surface area contributed by atoms with E-state index in [-0.39, 0.29) is 11.9 Å². The third kappa shape index (κ3) is 4.23. The zero-order chi connectivity index (χ0) is 17.8. The predicted octanol–water partition coefficient (Wildman–Crippen LogP) is 1.96. The summed E-state index contributed by atoms with van der Waals surface area (Å²) in [4.78, 5) is 29.9. The highest BCUT2D eigenvalue weighted by Crippen LogP contribution is 2.15. The van der Waals surface area contributed by atoms with Gasteiger partial charge in [-0.25, -0.2) is 15.0 Å². The Kier molecular flexibility index (Phi) is 5.11. The van der Waals surface area contributed by atoms with Gasteiger partial charge in [0.1, 0.15) is 23.2 Å². The van der Waals surface area contributed by atoms with Crippen molar-refractivity contribution in [1.82, 2.24) is 19.9 Å². The van der Waals surface area contributed by atoms with Crippen molar-refractivity contribution in [3.8, 4) is 0 Å². The number of aryl methyl sites for hydroxylation is 1. The summed E-state index contributed by atoms with van der Waals surface area (Å²) < 4.78 is 0. The molecule has 2 aromatic heterocycles. The number of piperazine rings is 1. The van der Waals surface area contributed by atoms with Crippen LogP contribution < -0.4 is 10.2 Å². The number of aromatic nitrogens is 3. The largest absolute Gasteiger partial charge is 0.368 e. The molecule has 3 rings (SSSR count). The van der Waals surface area contributed by atoms with E-state index in [0.717, 1.165) is 18.9 Å². The number of hydrogen-bond donors (Lipinski definition) is 1. The van der Waals surface area contributed by atoms with Crippen LogP contribution in [0.15, 0.2) is 30.5 Å². The number of nitrogens with one attached hydrogen (secondary N) is 1. The van der Waals surface area contributed by atoms with E-state index in [2.05, 4.69) is 25.2 Å². The van der Waals surface area contributed by atoms with Gasteiger partial charge in [0, 0.05) is 44.5 Å². The van der Waals surface area contributed by atoms with Crippen molar-refractivity contribution < 1.29 is 4.79 Å². The summed E-state index contributed by atoms with van der Waals surface area (Å²) in [5.41, 5.74) is 0.446. The monoisotopic (exact) mass is 340 g/mol. The lowest BCUT2D eigenvalue weighted by Gasteiger charge is -2.35. The first-order valence-corrected chi connectivity index (χ1v) is 8.60. The lowest BCUT2D eigenvalue weighted by molar-refractivity contribution is 0.0740. The van der Waals surface area contributed by atoms with E-state index in [4.69, 9.17) is 0 Å². The highest BCUT2D eigenvalue weighted by Gasteiger charge is 2.24. The molecule has 1 aliphatic heterocycles. The summed E-state index contributed by atoms with van der Waals surface area (Å²) in [6.45, 7) is 8.73. The Morgan fingerprint density at radius 2 is 1.92 bits per heavy atom. The van der Waals surface area contributed by atoms with Crippen molar-refractivity contribution in [2.75, 3.05) is 36.4 Å². The summed E-state index contributed by atoms with van der Waals surface area (Å²) in [6.07, 6.45) is 1.79. The predicted molar refractivity (Wildman–Crippen MR) is 97.9 cm³/mol. The van der Waals surface area contributed by atoms with Crippen LogP contribution in [0.1, 0.15) is 30.2 Å². The summed E-state index contributed by atoms with van der Waals surface area (Å²) >= 11 is 0. The van der Waals surface area contributed by atoms with Crippen LogP contribution in [0.5, 0.6) is 0 Å². The fraction of sp³-hybridized carbons (Fsp3) is 0.444. The molecular formula is C18H24N6O. The van der Waals surface area contributed by atoms with Crippen molar-refractivity contribution in [2.45, 2.75) is 26.8 Å². The summed E-state index contributed by atoms with van der Waals surface area (Å²) in [6, 6.07) is 7.87. The van der Waals surface area contributed by atoms with Crippen molar-refractivity contribution in [3.63, 3.8) is 0 Å². The minimum Gasteiger partial charge on any atom is -0.368 e. The first kappa shape index (κ1) is 17.1. The van der Waals surface area contributed by atoms with Crippen LogP contribution >= 0.6 is 0 Å². The molecule has 25 heavy (non-hydrogen) atoms. The molecule has 0 aliphatic carbocycles. The van der Waals surface area contributed by atoms with E-state index in [0.29, 0.717) is 30.4 Å². The van der Waals surface area contributed by atoms with Gasteiger partial charge in [0.15, 0.2) is 0 Å². The number of carbonyl (C=O) groups excluding carboxylic acids is 1. The van der Waals surface area contributed by atoms with Crippen LogP contribution in [0.25, 0.3) is 0 Å². The minimum atomic E-state index is -0.0435. The van der Waals surface area contributed by atoms with Gasteiger partial charge in [-0.3, -0.25) is 4.79 Å². The topological polar surface area (TPSA) is 74.2 Å². The molecule has 1 aliphatic rings. The molecule has 1 amide bonds. The van der Waals surface area contributed by atoms with Gasteiger partial charge in [0.25, 0.3) is 5.91 Å². The van der Waals surface area contributed by atoms with Crippen molar-refractivity contribution >= 4 is 17.5 Å². The molecule has 1 N–H and O–H groups in total. The molecular weight excluding hydrogens is 316 g/mol. The van der Waals surface area contributed by atoms with Gasteiger partial charge < -0.3 is 15.1 Å². The molecule has 0 aromatic carbocycles. The molecule has 0 radical (unpaired) electrons. The molecule has 0 spiro atoms. The second kappa shape index (κ2) is 7.46. The first-order valence-electron chi connectivity index (χ1n) is 8.60. The second-order valence-electron chi connectivity index (χ2n) is 6.45. The maximum atomic E-state index is 12.8. The van der Waals surface area contributed by atoms with Crippen molar-refractivity contribution in [1.29, 1.82) is 0 Å². The zero-order valence-electron chi connectivity index (χ0n) is 14.9. The summed E-state index contributed by atoms with van der Waals surface area (Å²) in [5, 5.41) is 3.23. The van der Waals surface area contributed by atoms with Gasteiger partial charge in [-0.1, -0.05) is 6.07 Å². The van der Waals surface area contributed by atoms with Crippen LogP contribution in [0.4, 0.5) is 11.6 Å². The fourth-order valence-electron chi connectivity index (χ4n) is 2.89. The minimum absolute atomic E-state index is 0.0435. The van der Waals surface area contributed by atoms with Crippen LogP contribution in [-0.2, 0) is 0 Å². The number of carbonyl (C=O) groups is 1. The van der Waals surface area contributed by atoms with Gasteiger partial charge in [-0.15, -0.1) is 0 Å². The quantitative estimate of drug-likeness (QED) is 0.917.